The van der Waals surface area contributed by atoms with Crippen LogP contribution in [0.1, 0.15) is 18.1 Å². The Morgan fingerprint density at radius 3 is 3.15 bits per heavy atom. The van der Waals surface area contributed by atoms with Gasteiger partial charge in [0.15, 0.2) is 0 Å². The Labute approximate surface area is 78.2 Å². The van der Waals surface area contributed by atoms with Crippen molar-refractivity contribution in [2.24, 2.45) is 0 Å². The van der Waals surface area contributed by atoms with Gasteiger partial charge in [-0.15, -0.1) is 0 Å². The lowest BCUT2D eigenvalue weighted by atomic mass is 10.0. The molecule has 0 saturated heterocycles. The summed E-state index contributed by atoms with van der Waals surface area (Å²) < 4.78 is 5.40. The van der Waals surface area contributed by atoms with Crippen LogP contribution < -0.4 is 4.74 Å². The number of ether oxygens (including phenoxy) is 1. The van der Waals surface area contributed by atoms with Gasteiger partial charge in [0.25, 0.3) is 0 Å². The van der Waals surface area contributed by atoms with Gasteiger partial charge in [0.2, 0.25) is 0 Å². The van der Waals surface area contributed by atoms with Crippen LogP contribution in [-0.4, -0.2) is 17.8 Å². The largest absolute Gasteiger partial charge is 0.493 e. The number of rotatable bonds is 2. The summed E-state index contributed by atoms with van der Waals surface area (Å²) in [7, 11) is 0. The first kappa shape index (κ1) is 8.57. The zero-order valence-electron chi connectivity index (χ0n) is 7.79. The minimum absolute atomic E-state index is 0.264. The van der Waals surface area contributed by atoms with Crippen molar-refractivity contribution in [3.05, 3.63) is 29.3 Å². The van der Waals surface area contributed by atoms with Gasteiger partial charge in [-0.1, -0.05) is 12.1 Å². The van der Waals surface area contributed by atoms with E-state index in [1.807, 2.05) is 19.1 Å². The molecule has 13 heavy (non-hydrogen) atoms. The molecule has 0 aliphatic carbocycles. The summed E-state index contributed by atoms with van der Waals surface area (Å²) in [5.74, 6) is 1.01. The standard InChI is InChI=1S/C11H14O2/c1-8(12)6-9-2-3-11-10(7-9)4-5-13-11/h2-3,7-8,12H,4-6H2,1H3/t8-/m0/s1. The lowest BCUT2D eigenvalue weighted by Crippen LogP contribution is -2.04. The number of aliphatic hydroxyl groups is 1. The molecule has 2 rings (SSSR count). The second-order valence-electron chi connectivity index (χ2n) is 3.59. The quantitative estimate of drug-likeness (QED) is 0.744. The van der Waals surface area contributed by atoms with E-state index in [1.165, 1.54) is 11.1 Å². The zero-order chi connectivity index (χ0) is 9.26. The molecular formula is C11H14O2. The van der Waals surface area contributed by atoms with Crippen molar-refractivity contribution < 1.29 is 9.84 Å². The lowest BCUT2D eigenvalue weighted by Gasteiger charge is -2.05. The van der Waals surface area contributed by atoms with Crippen molar-refractivity contribution in [1.29, 1.82) is 0 Å². The summed E-state index contributed by atoms with van der Waals surface area (Å²) in [5, 5.41) is 9.22. The van der Waals surface area contributed by atoms with E-state index in [9.17, 15) is 5.11 Å². The maximum atomic E-state index is 9.22. The van der Waals surface area contributed by atoms with Crippen molar-refractivity contribution in [2.75, 3.05) is 6.61 Å². The van der Waals surface area contributed by atoms with Gasteiger partial charge in [-0.25, -0.2) is 0 Å². The van der Waals surface area contributed by atoms with Gasteiger partial charge in [0.1, 0.15) is 5.75 Å². The van der Waals surface area contributed by atoms with Gasteiger partial charge in [-0.3, -0.25) is 0 Å². The van der Waals surface area contributed by atoms with E-state index in [1.54, 1.807) is 0 Å². The molecule has 1 atom stereocenters. The summed E-state index contributed by atoms with van der Waals surface area (Å²) in [5.41, 5.74) is 2.47. The average Bonchev–Trinajstić information content (AvgIpc) is 2.49. The molecule has 0 unspecified atom stereocenters. The predicted octanol–water partition coefficient (Wildman–Crippen LogP) is 1.54. The first-order chi connectivity index (χ1) is 6.25. The van der Waals surface area contributed by atoms with Crippen LogP contribution in [0.3, 0.4) is 0 Å². The first-order valence-corrected chi connectivity index (χ1v) is 4.68. The Bertz CT molecular complexity index is 305. The molecule has 0 spiro atoms. The molecule has 1 heterocycles. The summed E-state index contributed by atoms with van der Waals surface area (Å²) in [4.78, 5) is 0. The van der Waals surface area contributed by atoms with E-state index in [-0.39, 0.29) is 6.10 Å². The maximum Gasteiger partial charge on any atom is 0.122 e. The molecule has 0 amide bonds. The van der Waals surface area contributed by atoms with Crippen LogP contribution in [0.2, 0.25) is 0 Å². The number of benzene rings is 1. The van der Waals surface area contributed by atoms with Crippen LogP contribution >= 0.6 is 0 Å². The fourth-order valence-corrected chi connectivity index (χ4v) is 1.71. The Balaban J connectivity index is 2.21. The molecule has 2 heteroatoms. The average molecular weight is 178 g/mol. The Morgan fingerprint density at radius 1 is 1.54 bits per heavy atom. The maximum absolute atomic E-state index is 9.22. The third kappa shape index (κ3) is 1.83. The third-order valence-electron chi connectivity index (χ3n) is 2.28. The van der Waals surface area contributed by atoms with Gasteiger partial charge >= 0.3 is 0 Å². The predicted molar refractivity (Wildman–Crippen MR) is 51.0 cm³/mol. The monoisotopic (exact) mass is 178 g/mol. The van der Waals surface area contributed by atoms with Crippen LogP contribution in [0.15, 0.2) is 18.2 Å². The van der Waals surface area contributed by atoms with Gasteiger partial charge in [-0.2, -0.15) is 0 Å². The highest BCUT2D eigenvalue weighted by atomic mass is 16.5. The van der Waals surface area contributed by atoms with E-state index in [0.717, 1.165) is 25.2 Å². The van der Waals surface area contributed by atoms with Crippen molar-refractivity contribution in [2.45, 2.75) is 25.9 Å². The number of aliphatic hydroxyl groups excluding tert-OH is 1. The van der Waals surface area contributed by atoms with Crippen LogP contribution in [-0.2, 0) is 12.8 Å². The molecular weight excluding hydrogens is 164 g/mol. The highest BCUT2D eigenvalue weighted by Crippen LogP contribution is 2.26. The van der Waals surface area contributed by atoms with Gasteiger partial charge < -0.3 is 9.84 Å². The molecule has 2 nitrogen and oxygen atoms in total. The van der Waals surface area contributed by atoms with E-state index in [0.29, 0.717) is 0 Å². The van der Waals surface area contributed by atoms with E-state index in [4.69, 9.17) is 4.74 Å². The Morgan fingerprint density at radius 2 is 2.38 bits per heavy atom. The number of hydrogen-bond acceptors (Lipinski definition) is 2. The van der Waals surface area contributed by atoms with Crippen LogP contribution in [0, 0.1) is 0 Å². The molecule has 0 fully saturated rings. The summed E-state index contributed by atoms with van der Waals surface area (Å²) in [6.07, 6.45) is 1.47. The highest BCUT2D eigenvalue weighted by Gasteiger charge is 2.12. The Hall–Kier alpha value is -1.02. The highest BCUT2D eigenvalue weighted by molar-refractivity contribution is 5.39. The third-order valence-corrected chi connectivity index (χ3v) is 2.28. The van der Waals surface area contributed by atoms with Crippen LogP contribution in [0.25, 0.3) is 0 Å². The van der Waals surface area contributed by atoms with Crippen molar-refractivity contribution in [1.82, 2.24) is 0 Å². The van der Waals surface area contributed by atoms with Crippen LogP contribution in [0.4, 0.5) is 0 Å². The number of hydrogen-bond donors (Lipinski definition) is 1. The van der Waals surface area contributed by atoms with Crippen molar-refractivity contribution in [3.8, 4) is 5.75 Å². The van der Waals surface area contributed by atoms with Gasteiger partial charge in [-0.05, 0) is 30.5 Å². The summed E-state index contributed by atoms with van der Waals surface area (Å²) >= 11 is 0. The minimum atomic E-state index is -0.264. The van der Waals surface area contributed by atoms with Crippen molar-refractivity contribution in [3.63, 3.8) is 0 Å². The fourth-order valence-electron chi connectivity index (χ4n) is 1.71. The number of fused-ring (bicyclic) bond motifs is 1. The normalized spacial score (nSPS) is 16.5. The smallest absolute Gasteiger partial charge is 0.122 e. The zero-order valence-corrected chi connectivity index (χ0v) is 7.79. The first-order valence-electron chi connectivity index (χ1n) is 4.68. The molecule has 1 aromatic carbocycles. The minimum Gasteiger partial charge on any atom is -0.493 e. The molecule has 1 aromatic rings. The molecule has 1 aliphatic heterocycles. The SMILES string of the molecule is C[C@H](O)Cc1ccc2c(c1)CCO2. The van der Waals surface area contributed by atoms with E-state index < -0.39 is 0 Å². The van der Waals surface area contributed by atoms with Gasteiger partial charge in [0, 0.05) is 6.42 Å². The second kappa shape index (κ2) is 3.38. The lowest BCUT2D eigenvalue weighted by molar-refractivity contribution is 0.195. The van der Waals surface area contributed by atoms with Crippen LogP contribution in [0.5, 0.6) is 5.75 Å². The second-order valence-corrected chi connectivity index (χ2v) is 3.59. The fraction of sp³-hybridized carbons (Fsp3) is 0.455. The molecule has 1 N–H and O–H groups in total. The summed E-state index contributed by atoms with van der Waals surface area (Å²) in [6.45, 7) is 2.61. The van der Waals surface area contributed by atoms with Gasteiger partial charge in [0.05, 0.1) is 12.7 Å². The van der Waals surface area contributed by atoms with E-state index >= 15 is 0 Å². The molecule has 0 aromatic heterocycles. The molecule has 70 valence electrons. The van der Waals surface area contributed by atoms with E-state index in [2.05, 4.69) is 6.07 Å². The topological polar surface area (TPSA) is 29.5 Å². The van der Waals surface area contributed by atoms with Crippen molar-refractivity contribution >= 4 is 0 Å². The molecule has 0 saturated carbocycles. The molecule has 0 bridgehead atoms. The molecule has 0 radical (unpaired) electrons. The Kier molecular flexibility index (Phi) is 2.23. The summed E-state index contributed by atoms with van der Waals surface area (Å²) in [6, 6.07) is 6.16. The molecule has 1 aliphatic rings.